The van der Waals surface area contributed by atoms with Crippen molar-refractivity contribution in [2.45, 2.75) is 26.3 Å². The molecule has 0 spiro atoms. The maximum Gasteiger partial charge on any atom is 0.161 e. The van der Waals surface area contributed by atoms with Gasteiger partial charge in [0.15, 0.2) is 11.5 Å². The minimum atomic E-state index is 0.622. The van der Waals surface area contributed by atoms with Crippen LogP contribution in [0.5, 0.6) is 11.5 Å². The van der Waals surface area contributed by atoms with Gasteiger partial charge in [-0.15, -0.1) is 0 Å². The standard InChI is InChI=1S/C25H26N2O2/c1-19-10-3-4-11-20(19)18-25-26-21-12-5-6-13-22(21)27(25)16-9-17-29-24-15-8-7-14-23(24)28-2/h3-8,10-15H,9,16-18H2,1-2H3. The summed E-state index contributed by atoms with van der Waals surface area (Å²) in [6, 6.07) is 24.6. The van der Waals surface area contributed by atoms with Crippen LogP contribution in [0.2, 0.25) is 0 Å². The maximum atomic E-state index is 5.96. The number of aryl methyl sites for hydroxylation is 2. The fourth-order valence-electron chi connectivity index (χ4n) is 3.63. The zero-order valence-electron chi connectivity index (χ0n) is 17.0. The number of nitrogens with zero attached hydrogens (tertiary/aromatic N) is 2. The van der Waals surface area contributed by atoms with Crippen LogP contribution in [-0.2, 0) is 13.0 Å². The first-order valence-electron chi connectivity index (χ1n) is 10.0. The normalized spacial score (nSPS) is 11.0. The highest BCUT2D eigenvalue weighted by Gasteiger charge is 2.12. The number of hydrogen-bond acceptors (Lipinski definition) is 3. The van der Waals surface area contributed by atoms with E-state index in [4.69, 9.17) is 14.5 Å². The monoisotopic (exact) mass is 386 g/mol. The summed E-state index contributed by atoms with van der Waals surface area (Å²) in [5.74, 6) is 2.64. The lowest BCUT2D eigenvalue weighted by Gasteiger charge is -2.13. The molecule has 4 rings (SSSR count). The van der Waals surface area contributed by atoms with Crippen molar-refractivity contribution >= 4 is 11.0 Å². The molecule has 0 fully saturated rings. The predicted octanol–water partition coefficient (Wildman–Crippen LogP) is 5.41. The topological polar surface area (TPSA) is 36.3 Å². The molecule has 4 nitrogen and oxygen atoms in total. The molecule has 0 atom stereocenters. The number of methoxy groups -OCH3 is 1. The van der Waals surface area contributed by atoms with E-state index in [0.29, 0.717) is 6.61 Å². The highest BCUT2D eigenvalue weighted by atomic mass is 16.5. The Morgan fingerprint density at radius 1 is 0.862 bits per heavy atom. The predicted molar refractivity (Wildman–Crippen MR) is 117 cm³/mol. The van der Waals surface area contributed by atoms with Crippen molar-refractivity contribution in [2.75, 3.05) is 13.7 Å². The molecule has 4 aromatic rings. The van der Waals surface area contributed by atoms with Gasteiger partial charge >= 0.3 is 0 Å². The summed E-state index contributed by atoms with van der Waals surface area (Å²) < 4.78 is 13.6. The molecule has 0 bridgehead atoms. The van der Waals surface area contributed by atoms with E-state index >= 15 is 0 Å². The van der Waals surface area contributed by atoms with Crippen LogP contribution < -0.4 is 9.47 Å². The second-order valence-corrected chi connectivity index (χ2v) is 7.12. The van der Waals surface area contributed by atoms with Crippen LogP contribution in [0.25, 0.3) is 11.0 Å². The molecule has 0 radical (unpaired) electrons. The van der Waals surface area contributed by atoms with E-state index in [1.165, 1.54) is 16.6 Å². The van der Waals surface area contributed by atoms with Crippen molar-refractivity contribution in [3.8, 4) is 11.5 Å². The molecule has 1 heterocycles. The summed E-state index contributed by atoms with van der Waals surface area (Å²) in [5, 5.41) is 0. The lowest BCUT2D eigenvalue weighted by molar-refractivity contribution is 0.283. The van der Waals surface area contributed by atoms with Gasteiger partial charge in [0.2, 0.25) is 0 Å². The molecule has 0 N–H and O–H groups in total. The molecule has 4 heteroatoms. The maximum absolute atomic E-state index is 5.96. The summed E-state index contributed by atoms with van der Waals surface area (Å²) in [5.41, 5.74) is 4.83. The molecular weight excluding hydrogens is 360 g/mol. The van der Waals surface area contributed by atoms with Crippen LogP contribution in [0, 0.1) is 6.92 Å². The van der Waals surface area contributed by atoms with E-state index in [-0.39, 0.29) is 0 Å². The zero-order chi connectivity index (χ0) is 20.1. The number of ether oxygens (including phenoxy) is 2. The zero-order valence-corrected chi connectivity index (χ0v) is 17.0. The Labute approximate surface area is 171 Å². The average molecular weight is 386 g/mol. The number of aromatic nitrogens is 2. The lowest BCUT2D eigenvalue weighted by atomic mass is 10.1. The second-order valence-electron chi connectivity index (χ2n) is 7.12. The average Bonchev–Trinajstić information content (AvgIpc) is 3.10. The van der Waals surface area contributed by atoms with Crippen molar-refractivity contribution in [1.82, 2.24) is 9.55 Å². The number of rotatable bonds is 8. The first-order valence-corrected chi connectivity index (χ1v) is 10.0. The van der Waals surface area contributed by atoms with Crippen LogP contribution in [0.3, 0.4) is 0 Å². The van der Waals surface area contributed by atoms with Gasteiger partial charge in [0.1, 0.15) is 5.82 Å². The quantitative estimate of drug-likeness (QED) is 0.380. The Morgan fingerprint density at radius 3 is 2.41 bits per heavy atom. The Kier molecular flexibility index (Phi) is 5.80. The van der Waals surface area contributed by atoms with Gasteiger partial charge in [-0.1, -0.05) is 48.5 Å². The summed E-state index contributed by atoms with van der Waals surface area (Å²) in [6.45, 7) is 3.64. The first-order chi connectivity index (χ1) is 14.3. The molecule has 0 saturated carbocycles. The van der Waals surface area contributed by atoms with Crippen molar-refractivity contribution in [2.24, 2.45) is 0 Å². The molecule has 0 amide bonds. The van der Waals surface area contributed by atoms with E-state index in [1.807, 2.05) is 30.3 Å². The molecule has 29 heavy (non-hydrogen) atoms. The van der Waals surface area contributed by atoms with Crippen LogP contribution in [0.15, 0.2) is 72.8 Å². The van der Waals surface area contributed by atoms with Gasteiger partial charge in [-0.2, -0.15) is 0 Å². The van der Waals surface area contributed by atoms with Crippen molar-refractivity contribution < 1.29 is 9.47 Å². The Morgan fingerprint density at radius 2 is 1.59 bits per heavy atom. The summed E-state index contributed by atoms with van der Waals surface area (Å²) in [4.78, 5) is 4.92. The minimum Gasteiger partial charge on any atom is -0.493 e. The van der Waals surface area contributed by atoms with Crippen LogP contribution in [0.4, 0.5) is 0 Å². The Hall–Kier alpha value is -3.27. The summed E-state index contributed by atoms with van der Waals surface area (Å²) in [6.07, 6.45) is 1.72. The highest BCUT2D eigenvalue weighted by Crippen LogP contribution is 2.26. The molecule has 0 aliphatic carbocycles. The van der Waals surface area contributed by atoms with Crippen LogP contribution in [0.1, 0.15) is 23.4 Å². The smallest absolute Gasteiger partial charge is 0.161 e. The van der Waals surface area contributed by atoms with E-state index in [1.54, 1.807) is 7.11 Å². The van der Waals surface area contributed by atoms with E-state index in [2.05, 4.69) is 54.0 Å². The van der Waals surface area contributed by atoms with E-state index < -0.39 is 0 Å². The summed E-state index contributed by atoms with van der Waals surface area (Å²) >= 11 is 0. The number of fused-ring (bicyclic) bond motifs is 1. The third-order valence-electron chi connectivity index (χ3n) is 5.20. The third-order valence-corrected chi connectivity index (χ3v) is 5.20. The molecule has 0 unspecified atom stereocenters. The number of benzene rings is 3. The molecule has 148 valence electrons. The van der Waals surface area contributed by atoms with E-state index in [0.717, 1.165) is 42.2 Å². The van der Waals surface area contributed by atoms with Gasteiger partial charge in [-0.05, 0) is 48.7 Å². The Bertz CT molecular complexity index is 1100. The second kappa shape index (κ2) is 8.82. The largest absolute Gasteiger partial charge is 0.493 e. The van der Waals surface area contributed by atoms with Gasteiger partial charge < -0.3 is 14.0 Å². The van der Waals surface area contributed by atoms with Gasteiger partial charge in [0.05, 0.1) is 24.8 Å². The number of para-hydroxylation sites is 4. The molecule has 3 aromatic carbocycles. The molecular formula is C25H26N2O2. The van der Waals surface area contributed by atoms with Gasteiger partial charge in [-0.3, -0.25) is 0 Å². The molecule has 0 aliphatic rings. The van der Waals surface area contributed by atoms with Crippen molar-refractivity contribution in [3.05, 3.63) is 89.7 Å². The van der Waals surface area contributed by atoms with Gasteiger partial charge in [0, 0.05) is 13.0 Å². The van der Waals surface area contributed by atoms with Crippen molar-refractivity contribution in [3.63, 3.8) is 0 Å². The molecule has 0 aliphatic heterocycles. The highest BCUT2D eigenvalue weighted by molar-refractivity contribution is 5.76. The van der Waals surface area contributed by atoms with Gasteiger partial charge in [-0.25, -0.2) is 4.98 Å². The lowest BCUT2D eigenvalue weighted by Crippen LogP contribution is -2.09. The SMILES string of the molecule is COc1ccccc1OCCCn1c(Cc2ccccc2C)nc2ccccc21. The van der Waals surface area contributed by atoms with Crippen LogP contribution >= 0.6 is 0 Å². The molecule has 0 saturated heterocycles. The fourth-order valence-corrected chi connectivity index (χ4v) is 3.63. The van der Waals surface area contributed by atoms with E-state index in [9.17, 15) is 0 Å². The van der Waals surface area contributed by atoms with Crippen molar-refractivity contribution in [1.29, 1.82) is 0 Å². The first kappa shape index (κ1) is 19.1. The van der Waals surface area contributed by atoms with Crippen LogP contribution in [-0.4, -0.2) is 23.3 Å². The Balaban J connectivity index is 1.51. The third kappa shape index (κ3) is 4.27. The van der Waals surface area contributed by atoms with Gasteiger partial charge in [0.25, 0.3) is 0 Å². The fraction of sp³-hybridized carbons (Fsp3) is 0.240. The summed E-state index contributed by atoms with van der Waals surface area (Å²) in [7, 11) is 1.66. The minimum absolute atomic E-state index is 0.622. The number of imidazole rings is 1. The molecule has 1 aromatic heterocycles. The number of hydrogen-bond donors (Lipinski definition) is 0.